The first-order valence-corrected chi connectivity index (χ1v) is 5.91. The predicted molar refractivity (Wildman–Crippen MR) is 64.4 cm³/mol. The van der Waals surface area contributed by atoms with Gasteiger partial charge >= 0.3 is 6.61 Å². The van der Waals surface area contributed by atoms with Crippen LogP contribution in [0.2, 0.25) is 0 Å². The van der Waals surface area contributed by atoms with Crippen molar-refractivity contribution in [1.29, 1.82) is 0 Å². The topological polar surface area (TPSA) is 29.5 Å². The maximum absolute atomic E-state index is 12.2. The molecule has 0 N–H and O–H groups in total. The molecule has 6 heteroatoms. The summed E-state index contributed by atoms with van der Waals surface area (Å²) in [6.07, 6.45) is 0.264. The molecule has 0 radical (unpaired) electrons. The highest BCUT2D eigenvalue weighted by Crippen LogP contribution is 2.30. The molecule has 1 aromatic rings. The highest BCUT2D eigenvalue weighted by Gasteiger charge is 2.29. The van der Waals surface area contributed by atoms with E-state index in [0.717, 1.165) is 0 Å². The van der Waals surface area contributed by atoms with Crippen molar-refractivity contribution < 1.29 is 18.3 Å². The van der Waals surface area contributed by atoms with Gasteiger partial charge < -0.3 is 9.64 Å². The number of benzene rings is 1. The van der Waals surface area contributed by atoms with Crippen molar-refractivity contribution in [1.82, 2.24) is 0 Å². The van der Waals surface area contributed by atoms with E-state index in [9.17, 15) is 13.6 Å². The van der Waals surface area contributed by atoms with Crippen LogP contribution in [0.3, 0.4) is 0 Å². The van der Waals surface area contributed by atoms with Crippen molar-refractivity contribution in [3.63, 3.8) is 0 Å². The molecule has 3 nitrogen and oxygen atoms in total. The van der Waals surface area contributed by atoms with Crippen molar-refractivity contribution >= 4 is 23.2 Å². The predicted octanol–water partition coefficient (Wildman–Crippen LogP) is 2.94. The molecule has 1 aromatic carbocycles. The Balaban J connectivity index is 2.26. The molecule has 1 atom stereocenters. The number of nitrogens with zero attached hydrogens (tertiary/aromatic N) is 1. The van der Waals surface area contributed by atoms with E-state index in [0.29, 0.717) is 17.8 Å². The van der Waals surface area contributed by atoms with E-state index < -0.39 is 6.61 Å². The molecular formula is C12H12ClF2NO2. The molecule has 0 aromatic heterocycles. The van der Waals surface area contributed by atoms with Gasteiger partial charge in [0.25, 0.3) is 0 Å². The molecule has 0 spiro atoms. The van der Waals surface area contributed by atoms with Crippen LogP contribution in [-0.2, 0) is 4.79 Å². The lowest BCUT2D eigenvalue weighted by molar-refractivity contribution is -0.117. The van der Waals surface area contributed by atoms with Crippen LogP contribution in [0.1, 0.15) is 12.0 Å². The maximum atomic E-state index is 12.2. The van der Waals surface area contributed by atoms with Crippen LogP contribution in [-0.4, -0.2) is 24.4 Å². The third-order valence-corrected chi connectivity index (χ3v) is 3.07. The Morgan fingerprint density at radius 3 is 2.78 bits per heavy atom. The van der Waals surface area contributed by atoms with E-state index >= 15 is 0 Å². The first-order chi connectivity index (χ1) is 8.47. The number of ether oxygens (including phenoxy) is 1. The highest BCUT2D eigenvalue weighted by atomic mass is 35.5. The fraction of sp³-hybridized carbons (Fsp3) is 0.417. The van der Waals surface area contributed by atoms with Gasteiger partial charge in [-0.3, -0.25) is 4.79 Å². The van der Waals surface area contributed by atoms with Gasteiger partial charge in [-0.25, -0.2) is 0 Å². The molecule has 1 aliphatic heterocycles. The molecule has 1 heterocycles. The Morgan fingerprint density at radius 2 is 2.22 bits per heavy atom. The number of anilines is 1. The summed E-state index contributed by atoms with van der Waals surface area (Å²) in [5, 5.41) is -0.238. The average Bonchev–Trinajstić information content (AvgIpc) is 2.60. The number of halogens is 3. The minimum Gasteiger partial charge on any atom is -0.434 e. The van der Waals surface area contributed by atoms with Gasteiger partial charge in [0, 0.05) is 24.7 Å². The summed E-state index contributed by atoms with van der Waals surface area (Å²) in [5.74, 6) is -0.0322. The fourth-order valence-corrected chi connectivity index (χ4v) is 2.16. The molecular weight excluding hydrogens is 264 g/mol. The van der Waals surface area contributed by atoms with Gasteiger partial charge in [0.05, 0.1) is 5.38 Å². The molecule has 2 rings (SSSR count). The summed E-state index contributed by atoms with van der Waals surface area (Å²) >= 11 is 5.89. The number of alkyl halides is 3. The monoisotopic (exact) mass is 275 g/mol. The van der Waals surface area contributed by atoms with E-state index in [2.05, 4.69) is 4.74 Å². The van der Waals surface area contributed by atoms with Crippen molar-refractivity contribution in [2.75, 3.05) is 11.4 Å². The summed E-state index contributed by atoms with van der Waals surface area (Å²) in [4.78, 5) is 13.1. The zero-order chi connectivity index (χ0) is 13.3. The Bertz CT molecular complexity index is 467. The van der Waals surface area contributed by atoms with Crippen LogP contribution in [0.4, 0.5) is 14.5 Å². The molecule has 18 heavy (non-hydrogen) atoms. The van der Waals surface area contributed by atoms with Gasteiger partial charge in [0.2, 0.25) is 5.91 Å². The number of amides is 1. The zero-order valence-electron chi connectivity index (χ0n) is 9.70. The minimum absolute atomic E-state index is 0.0772. The first-order valence-electron chi connectivity index (χ1n) is 5.47. The second-order valence-electron chi connectivity index (χ2n) is 4.13. The third-order valence-electron chi connectivity index (χ3n) is 2.78. The average molecular weight is 276 g/mol. The van der Waals surface area contributed by atoms with Gasteiger partial charge in [0.15, 0.2) is 0 Å². The van der Waals surface area contributed by atoms with E-state index in [-0.39, 0.29) is 23.5 Å². The molecule has 1 fully saturated rings. The van der Waals surface area contributed by atoms with Gasteiger partial charge in [-0.1, -0.05) is 6.07 Å². The molecule has 1 unspecified atom stereocenters. The molecule has 0 saturated carbocycles. The summed E-state index contributed by atoms with van der Waals surface area (Å²) in [7, 11) is 0. The summed E-state index contributed by atoms with van der Waals surface area (Å²) < 4.78 is 28.9. The number of hydrogen-bond donors (Lipinski definition) is 0. The summed E-state index contributed by atoms with van der Waals surface area (Å²) in [6.45, 7) is -0.830. The third kappa shape index (κ3) is 2.72. The van der Waals surface area contributed by atoms with Gasteiger partial charge in [-0.2, -0.15) is 8.78 Å². The Kier molecular flexibility index (Phi) is 3.71. The lowest BCUT2D eigenvalue weighted by Crippen LogP contribution is -2.24. The number of carbonyl (C=O) groups is 1. The number of hydrogen-bond acceptors (Lipinski definition) is 2. The lowest BCUT2D eigenvalue weighted by Gasteiger charge is -2.18. The van der Waals surface area contributed by atoms with Crippen molar-refractivity contribution in [3.8, 4) is 5.75 Å². The van der Waals surface area contributed by atoms with Crippen molar-refractivity contribution in [2.24, 2.45) is 0 Å². The summed E-state index contributed by atoms with van der Waals surface area (Å²) in [6, 6.07) is 4.77. The largest absolute Gasteiger partial charge is 0.434 e. The van der Waals surface area contributed by atoms with Crippen LogP contribution >= 0.6 is 11.6 Å². The smallest absolute Gasteiger partial charge is 0.387 e. The second kappa shape index (κ2) is 5.10. The molecule has 1 aliphatic rings. The second-order valence-corrected chi connectivity index (χ2v) is 4.75. The van der Waals surface area contributed by atoms with Crippen LogP contribution in [0, 0.1) is 6.92 Å². The van der Waals surface area contributed by atoms with Crippen LogP contribution in [0.15, 0.2) is 18.2 Å². The Labute approximate surface area is 108 Å². The zero-order valence-corrected chi connectivity index (χ0v) is 10.5. The summed E-state index contributed by atoms with van der Waals surface area (Å²) in [5.41, 5.74) is 1.12. The van der Waals surface area contributed by atoms with Gasteiger partial charge in [-0.15, -0.1) is 11.6 Å². The van der Waals surface area contributed by atoms with E-state index in [4.69, 9.17) is 11.6 Å². The highest BCUT2D eigenvalue weighted by molar-refractivity contribution is 6.24. The molecule has 1 saturated heterocycles. The van der Waals surface area contributed by atoms with Gasteiger partial charge in [-0.05, 0) is 18.6 Å². The molecule has 1 amide bonds. The number of aryl methyl sites for hydroxylation is 1. The van der Waals surface area contributed by atoms with Crippen LogP contribution in [0.5, 0.6) is 5.75 Å². The van der Waals surface area contributed by atoms with Gasteiger partial charge in [0.1, 0.15) is 5.75 Å². The standard InChI is InChI=1S/C12H12ClF2NO2/c1-7-2-3-9(5-10(7)18-12(14)15)16-6-8(13)4-11(16)17/h2-3,5,8,12H,4,6H2,1H3. The number of carbonyl (C=O) groups excluding carboxylic acids is 1. The van der Waals surface area contributed by atoms with Crippen LogP contribution < -0.4 is 9.64 Å². The maximum Gasteiger partial charge on any atom is 0.387 e. The van der Waals surface area contributed by atoms with E-state index in [1.807, 2.05) is 0 Å². The van der Waals surface area contributed by atoms with E-state index in [1.165, 1.54) is 11.0 Å². The lowest BCUT2D eigenvalue weighted by atomic mass is 10.2. The van der Waals surface area contributed by atoms with Crippen LogP contribution in [0.25, 0.3) is 0 Å². The molecule has 98 valence electrons. The van der Waals surface area contributed by atoms with E-state index in [1.54, 1.807) is 19.1 Å². The first kappa shape index (κ1) is 13.1. The molecule has 0 aliphatic carbocycles. The number of rotatable bonds is 3. The Morgan fingerprint density at radius 1 is 1.50 bits per heavy atom. The minimum atomic E-state index is -2.88. The fourth-order valence-electron chi connectivity index (χ4n) is 1.89. The normalized spacial score (nSPS) is 19.7. The SMILES string of the molecule is Cc1ccc(N2CC(Cl)CC2=O)cc1OC(F)F. The molecule has 0 bridgehead atoms. The quantitative estimate of drug-likeness (QED) is 0.794. The van der Waals surface area contributed by atoms with Crippen molar-refractivity contribution in [2.45, 2.75) is 25.3 Å². The van der Waals surface area contributed by atoms with Crippen molar-refractivity contribution in [3.05, 3.63) is 23.8 Å². The Hall–Kier alpha value is -1.36.